The molecule has 11 heteroatoms. The Bertz CT molecular complexity index is 1180. The lowest BCUT2D eigenvalue weighted by Gasteiger charge is -2.47. The monoisotopic (exact) mass is 529 g/mol. The highest BCUT2D eigenvalue weighted by Gasteiger charge is 2.68. The SMILES string of the molecule is C=C(C)C1(Oc2cc(C(=O)OCCS(=O)(=O)[O-])ccc2OC(F)(F)F)CC2CC1C1C3CCC(C3)C21. The van der Waals surface area contributed by atoms with Gasteiger partial charge in [-0.15, -0.1) is 13.2 Å². The molecular weight excluding hydrogens is 501 g/mol. The van der Waals surface area contributed by atoms with Gasteiger partial charge in [-0.25, -0.2) is 13.2 Å². The lowest BCUT2D eigenvalue weighted by Crippen LogP contribution is -2.49. The standard InChI is InChI=1S/C25H29F3O7S/c1-13(2)24(12-17-10-18(24)22-15-4-3-14(9-15)21(17)22)34-20-11-16(5-6-19(20)35-25(26,27)28)23(29)33-7-8-36(30,31)32/h5-6,11,14-15,17-18,21-22H,1,3-4,7-10,12H2,2H3,(H,30,31,32)/p-1. The van der Waals surface area contributed by atoms with Crippen molar-refractivity contribution >= 4 is 16.1 Å². The van der Waals surface area contributed by atoms with Crippen LogP contribution in [-0.2, 0) is 14.9 Å². The number of fused-ring (bicyclic) bond motifs is 9. The first-order chi connectivity index (χ1) is 16.8. The molecule has 4 aliphatic rings. The van der Waals surface area contributed by atoms with Crippen molar-refractivity contribution in [2.75, 3.05) is 12.4 Å². The summed E-state index contributed by atoms with van der Waals surface area (Å²) in [5, 5.41) is 0. The fourth-order valence-corrected chi connectivity index (χ4v) is 8.00. The minimum absolute atomic E-state index is 0.122. The molecule has 4 bridgehead atoms. The molecule has 0 amide bonds. The molecular formula is C25H28F3O7S-. The molecule has 1 aromatic carbocycles. The molecule has 36 heavy (non-hydrogen) atoms. The maximum atomic E-state index is 13.2. The van der Waals surface area contributed by atoms with Gasteiger partial charge in [0.15, 0.2) is 11.5 Å². The van der Waals surface area contributed by atoms with Crippen LogP contribution in [0.15, 0.2) is 30.4 Å². The van der Waals surface area contributed by atoms with Gasteiger partial charge in [0.05, 0.1) is 21.4 Å². The molecule has 5 rings (SSSR count). The van der Waals surface area contributed by atoms with Crippen molar-refractivity contribution in [2.24, 2.45) is 35.5 Å². The van der Waals surface area contributed by atoms with E-state index in [0.717, 1.165) is 36.1 Å². The number of hydrogen-bond donors (Lipinski definition) is 0. The van der Waals surface area contributed by atoms with Gasteiger partial charge in [-0.1, -0.05) is 6.58 Å². The van der Waals surface area contributed by atoms with Gasteiger partial charge in [-0.05, 0) is 92.4 Å². The van der Waals surface area contributed by atoms with Gasteiger partial charge in [0.1, 0.15) is 12.2 Å². The summed E-state index contributed by atoms with van der Waals surface area (Å²) in [7, 11) is -4.59. The average molecular weight is 530 g/mol. The second-order valence-electron chi connectivity index (χ2n) is 10.7. The zero-order valence-electron chi connectivity index (χ0n) is 19.8. The van der Waals surface area contributed by atoms with Gasteiger partial charge in [-0.2, -0.15) is 0 Å². The van der Waals surface area contributed by atoms with Crippen molar-refractivity contribution in [1.82, 2.24) is 0 Å². The number of hydrogen-bond acceptors (Lipinski definition) is 7. The van der Waals surface area contributed by atoms with Crippen LogP contribution in [0.1, 0.15) is 49.4 Å². The van der Waals surface area contributed by atoms with Crippen LogP contribution in [0.2, 0.25) is 0 Å². The van der Waals surface area contributed by atoms with Gasteiger partial charge >= 0.3 is 12.3 Å². The summed E-state index contributed by atoms with van der Waals surface area (Å²) >= 11 is 0. The summed E-state index contributed by atoms with van der Waals surface area (Å²) in [5.74, 6) is 0.195. The van der Waals surface area contributed by atoms with E-state index >= 15 is 0 Å². The summed E-state index contributed by atoms with van der Waals surface area (Å²) in [5.41, 5.74) is -0.303. The zero-order chi connectivity index (χ0) is 26.0. The van der Waals surface area contributed by atoms with Crippen molar-refractivity contribution in [3.63, 3.8) is 0 Å². The molecule has 0 N–H and O–H groups in total. The Balaban J connectivity index is 1.44. The highest BCUT2D eigenvalue weighted by molar-refractivity contribution is 7.85. The predicted octanol–water partition coefficient (Wildman–Crippen LogP) is 4.68. The van der Waals surface area contributed by atoms with Crippen LogP contribution in [0.5, 0.6) is 11.5 Å². The molecule has 198 valence electrons. The van der Waals surface area contributed by atoms with Gasteiger partial charge in [0.25, 0.3) is 0 Å². The molecule has 7 nitrogen and oxygen atoms in total. The fourth-order valence-electron chi connectivity index (χ4n) is 7.71. The second-order valence-corrected chi connectivity index (χ2v) is 12.2. The Morgan fingerprint density at radius 1 is 1.14 bits per heavy atom. The topological polar surface area (TPSA) is 102 Å². The maximum absolute atomic E-state index is 13.2. The van der Waals surface area contributed by atoms with E-state index in [1.54, 1.807) is 0 Å². The zero-order valence-corrected chi connectivity index (χ0v) is 20.6. The molecule has 1 aromatic rings. The maximum Gasteiger partial charge on any atom is 0.573 e. The van der Waals surface area contributed by atoms with Crippen LogP contribution in [0.4, 0.5) is 13.2 Å². The van der Waals surface area contributed by atoms with E-state index in [4.69, 9.17) is 9.47 Å². The quantitative estimate of drug-likeness (QED) is 0.209. The first kappa shape index (κ1) is 25.4. The van der Waals surface area contributed by atoms with Crippen LogP contribution in [0.3, 0.4) is 0 Å². The molecule has 4 aliphatic carbocycles. The number of alkyl halides is 3. The summed E-state index contributed by atoms with van der Waals surface area (Å²) < 4.78 is 87.3. The van der Waals surface area contributed by atoms with Crippen molar-refractivity contribution < 1.29 is 45.1 Å². The molecule has 0 heterocycles. The number of halogens is 3. The first-order valence-corrected chi connectivity index (χ1v) is 13.7. The molecule has 0 radical (unpaired) electrons. The number of benzene rings is 1. The number of esters is 1. The molecule has 0 spiro atoms. The molecule has 4 fully saturated rings. The molecule has 7 atom stereocenters. The minimum atomic E-state index is -4.98. The number of carbonyl (C=O) groups is 1. The Labute approximate surface area is 207 Å². The third-order valence-corrected chi connectivity index (χ3v) is 9.43. The van der Waals surface area contributed by atoms with E-state index < -0.39 is 46.2 Å². The normalized spacial score (nSPS) is 34.5. The summed E-state index contributed by atoms with van der Waals surface area (Å²) in [6.45, 7) is 5.31. The van der Waals surface area contributed by atoms with Crippen molar-refractivity contribution in [3.05, 3.63) is 35.9 Å². The summed E-state index contributed by atoms with van der Waals surface area (Å²) in [6.07, 6.45) is 0.233. The second kappa shape index (κ2) is 8.65. The van der Waals surface area contributed by atoms with Crippen molar-refractivity contribution in [3.8, 4) is 11.5 Å². The molecule has 0 saturated heterocycles. The van der Waals surface area contributed by atoms with E-state index in [0.29, 0.717) is 30.1 Å². The molecule has 7 unspecified atom stereocenters. The Morgan fingerprint density at radius 3 is 2.47 bits per heavy atom. The van der Waals surface area contributed by atoms with Gasteiger partial charge in [0, 0.05) is 5.92 Å². The van der Waals surface area contributed by atoms with Crippen LogP contribution in [-0.4, -0.2) is 43.3 Å². The van der Waals surface area contributed by atoms with E-state index in [2.05, 4.69) is 11.3 Å². The molecule has 0 aromatic heterocycles. The van der Waals surface area contributed by atoms with Crippen molar-refractivity contribution in [1.29, 1.82) is 0 Å². The van der Waals surface area contributed by atoms with Gasteiger partial charge in [0.2, 0.25) is 0 Å². The van der Waals surface area contributed by atoms with Crippen LogP contribution in [0.25, 0.3) is 0 Å². The number of rotatable bonds is 8. The van der Waals surface area contributed by atoms with Crippen LogP contribution < -0.4 is 9.47 Å². The smallest absolute Gasteiger partial charge is 0.573 e. The largest absolute Gasteiger partial charge is 0.748 e. The van der Waals surface area contributed by atoms with E-state index in [-0.39, 0.29) is 17.2 Å². The third kappa shape index (κ3) is 4.49. The average Bonchev–Trinajstić information content (AvgIpc) is 3.52. The molecule has 4 saturated carbocycles. The summed E-state index contributed by atoms with van der Waals surface area (Å²) in [6, 6.07) is 3.16. The van der Waals surface area contributed by atoms with Gasteiger partial charge < -0.3 is 18.8 Å². The number of carbonyl (C=O) groups excluding carboxylic acids is 1. The van der Waals surface area contributed by atoms with Crippen LogP contribution >= 0.6 is 0 Å². The van der Waals surface area contributed by atoms with E-state index in [9.17, 15) is 30.9 Å². The predicted molar refractivity (Wildman–Crippen MR) is 120 cm³/mol. The third-order valence-electron chi connectivity index (χ3n) is 8.76. The number of ether oxygens (including phenoxy) is 3. The Kier molecular flexibility index (Phi) is 6.10. The highest BCUT2D eigenvalue weighted by Crippen LogP contribution is 2.71. The highest BCUT2D eigenvalue weighted by atomic mass is 32.2. The van der Waals surface area contributed by atoms with E-state index in [1.807, 2.05) is 6.92 Å². The van der Waals surface area contributed by atoms with E-state index in [1.165, 1.54) is 19.3 Å². The van der Waals surface area contributed by atoms with Gasteiger partial charge in [-0.3, -0.25) is 0 Å². The lowest BCUT2D eigenvalue weighted by atomic mass is 9.64. The lowest BCUT2D eigenvalue weighted by molar-refractivity contribution is -0.275. The summed E-state index contributed by atoms with van der Waals surface area (Å²) in [4.78, 5) is 12.4. The molecule has 0 aliphatic heterocycles. The van der Waals surface area contributed by atoms with Crippen molar-refractivity contribution in [2.45, 2.75) is 51.0 Å². The Morgan fingerprint density at radius 2 is 1.83 bits per heavy atom. The first-order valence-electron chi connectivity index (χ1n) is 12.1. The van der Waals surface area contributed by atoms with Crippen LogP contribution in [0, 0.1) is 35.5 Å². The fraction of sp³-hybridized carbons (Fsp3) is 0.640. The Hall–Kier alpha value is -2.27. The minimum Gasteiger partial charge on any atom is -0.748 e.